The lowest BCUT2D eigenvalue weighted by Crippen LogP contribution is -2.24. The van der Waals surface area contributed by atoms with E-state index < -0.39 is 6.04 Å². The van der Waals surface area contributed by atoms with Gasteiger partial charge in [0.2, 0.25) is 0 Å². The quantitative estimate of drug-likeness (QED) is 0.506. The highest BCUT2D eigenvalue weighted by Crippen LogP contribution is 2.24. The third-order valence-corrected chi connectivity index (χ3v) is 4.99. The first-order valence-electron chi connectivity index (χ1n) is 9.47. The summed E-state index contributed by atoms with van der Waals surface area (Å²) in [5.41, 5.74) is 17.9. The van der Waals surface area contributed by atoms with Crippen molar-refractivity contribution in [2.24, 2.45) is 5.73 Å². The van der Waals surface area contributed by atoms with E-state index in [-0.39, 0.29) is 0 Å². The molecule has 0 spiro atoms. The minimum Gasteiger partial charge on any atom is -0.382 e. The first kappa shape index (κ1) is 19.9. The molecule has 6 heteroatoms. The number of allylic oxidation sites excluding steroid dienone is 1. The van der Waals surface area contributed by atoms with Crippen LogP contribution in [0.5, 0.6) is 0 Å². The molecule has 0 radical (unpaired) electrons. The van der Waals surface area contributed by atoms with Gasteiger partial charge in [0.15, 0.2) is 0 Å². The van der Waals surface area contributed by atoms with Crippen molar-refractivity contribution in [2.45, 2.75) is 39.4 Å². The summed E-state index contributed by atoms with van der Waals surface area (Å²) in [4.78, 5) is 11.1. The molecule has 0 saturated carbocycles. The Hall–Kier alpha value is -2.88. The second-order valence-electron chi connectivity index (χ2n) is 7.08. The van der Waals surface area contributed by atoms with E-state index in [0.29, 0.717) is 17.7 Å². The van der Waals surface area contributed by atoms with Crippen molar-refractivity contribution in [3.05, 3.63) is 64.8 Å². The van der Waals surface area contributed by atoms with Gasteiger partial charge in [0.25, 0.3) is 0 Å². The molecule has 1 aliphatic rings. The van der Waals surface area contributed by atoms with Crippen LogP contribution in [0.2, 0.25) is 0 Å². The molecule has 2 atom stereocenters. The van der Waals surface area contributed by atoms with Crippen molar-refractivity contribution < 1.29 is 0 Å². The van der Waals surface area contributed by atoms with E-state index in [0.717, 1.165) is 42.2 Å². The van der Waals surface area contributed by atoms with Crippen LogP contribution in [0.4, 0.5) is 5.82 Å². The van der Waals surface area contributed by atoms with Gasteiger partial charge >= 0.3 is 0 Å². The van der Waals surface area contributed by atoms with Crippen LogP contribution in [0.25, 0.3) is 0 Å². The van der Waals surface area contributed by atoms with E-state index in [1.165, 1.54) is 5.56 Å². The van der Waals surface area contributed by atoms with Crippen LogP contribution < -0.4 is 16.8 Å². The van der Waals surface area contributed by atoms with Crippen molar-refractivity contribution in [2.75, 3.05) is 18.8 Å². The fourth-order valence-corrected chi connectivity index (χ4v) is 3.18. The van der Waals surface area contributed by atoms with E-state index in [4.69, 9.17) is 11.5 Å². The zero-order valence-electron chi connectivity index (χ0n) is 16.8. The molecule has 28 heavy (non-hydrogen) atoms. The van der Waals surface area contributed by atoms with E-state index in [1.807, 2.05) is 32.9 Å². The van der Waals surface area contributed by atoms with Crippen LogP contribution in [-0.4, -0.2) is 34.1 Å². The van der Waals surface area contributed by atoms with Crippen molar-refractivity contribution in [3.63, 3.8) is 0 Å². The van der Waals surface area contributed by atoms with Gasteiger partial charge in [-0.3, -0.25) is 10.3 Å². The number of aromatic nitrogens is 2. The second kappa shape index (κ2) is 8.42. The molecule has 2 heterocycles. The van der Waals surface area contributed by atoms with Gasteiger partial charge in [0.1, 0.15) is 11.5 Å². The summed E-state index contributed by atoms with van der Waals surface area (Å²) >= 11 is 0. The molecule has 1 fully saturated rings. The zero-order chi connectivity index (χ0) is 20.3. The van der Waals surface area contributed by atoms with Gasteiger partial charge in [0, 0.05) is 6.54 Å². The van der Waals surface area contributed by atoms with Crippen molar-refractivity contribution in [3.8, 4) is 11.8 Å². The van der Waals surface area contributed by atoms with Crippen LogP contribution in [0.15, 0.2) is 36.5 Å². The summed E-state index contributed by atoms with van der Waals surface area (Å²) in [7, 11) is 0. The first-order chi connectivity index (χ1) is 13.4. The normalized spacial score (nSPS) is 16.3. The Morgan fingerprint density at radius 1 is 1.36 bits per heavy atom. The minimum atomic E-state index is -0.394. The number of hydrogen-bond acceptors (Lipinski definition) is 6. The highest BCUT2D eigenvalue weighted by atomic mass is 15.4. The van der Waals surface area contributed by atoms with Gasteiger partial charge < -0.3 is 16.4 Å². The number of nitrogens with one attached hydrogen (secondary N) is 1. The molecule has 1 saturated heterocycles. The fourth-order valence-electron chi connectivity index (χ4n) is 3.18. The maximum absolute atomic E-state index is 6.44. The van der Waals surface area contributed by atoms with Crippen LogP contribution in [0, 0.1) is 25.7 Å². The molecule has 5 N–H and O–H groups in total. The number of nitrogen functional groups attached to an aromatic ring is 1. The molecular formula is C22H28N6. The molecule has 1 aromatic carbocycles. The topological polar surface area (TPSA) is 92.9 Å². The summed E-state index contributed by atoms with van der Waals surface area (Å²) in [6, 6.07) is 7.87. The summed E-state index contributed by atoms with van der Waals surface area (Å²) in [5.74, 6) is 6.28. The Morgan fingerprint density at radius 2 is 2.11 bits per heavy atom. The Morgan fingerprint density at radius 3 is 2.86 bits per heavy atom. The lowest BCUT2D eigenvalue weighted by Gasteiger charge is -2.16. The predicted molar refractivity (Wildman–Crippen MR) is 113 cm³/mol. The van der Waals surface area contributed by atoms with Gasteiger partial charge in [-0.25, -0.2) is 4.98 Å². The summed E-state index contributed by atoms with van der Waals surface area (Å²) in [6.07, 6.45) is 1.25. The number of nitrogens with two attached hydrogens (primary N) is 2. The van der Waals surface area contributed by atoms with Gasteiger partial charge in [-0.15, -0.1) is 0 Å². The first-order valence-corrected chi connectivity index (χ1v) is 9.47. The maximum atomic E-state index is 6.44. The largest absolute Gasteiger partial charge is 0.382 e. The lowest BCUT2D eigenvalue weighted by atomic mass is 10.00. The molecule has 146 valence electrons. The van der Waals surface area contributed by atoms with Crippen LogP contribution in [0.3, 0.4) is 0 Å². The SMILES string of the molecule is C=C(C#CC)N1CC1NCCc1cccc(C(N)c2nc(C)c(C)nc2N)c1. The van der Waals surface area contributed by atoms with Gasteiger partial charge in [-0.2, -0.15) is 0 Å². The van der Waals surface area contributed by atoms with E-state index in [9.17, 15) is 0 Å². The highest BCUT2D eigenvalue weighted by Gasteiger charge is 2.33. The summed E-state index contributed by atoms with van der Waals surface area (Å²) < 4.78 is 0. The summed E-state index contributed by atoms with van der Waals surface area (Å²) in [6.45, 7) is 11.5. The molecule has 2 aromatic rings. The summed E-state index contributed by atoms with van der Waals surface area (Å²) in [5, 5.41) is 3.52. The van der Waals surface area contributed by atoms with Gasteiger partial charge in [-0.1, -0.05) is 42.7 Å². The molecule has 2 unspecified atom stereocenters. The average Bonchev–Trinajstić information content (AvgIpc) is 3.44. The molecule has 3 rings (SSSR count). The van der Waals surface area contributed by atoms with Gasteiger partial charge in [0.05, 0.1) is 35.8 Å². The van der Waals surface area contributed by atoms with Gasteiger partial charge in [-0.05, 0) is 38.3 Å². The Balaban J connectivity index is 1.61. The Bertz CT molecular complexity index is 940. The Labute approximate surface area is 167 Å². The number of nitrogens with zero attached hydrogens (tertiary/aromatic N) is 3. The van der Waals surface area contributed by atoms with E-state index in [1.54, 1.807) is 0 Å². The molecule has 0 amide bonds. The Kier molecular flexibility index (Phi) is 5.98. The minimum absolute atomic E-state index is 0.337. The smallest absolute Gasteiger partial charge is 0.147 e. The fraction of sp³-hybridized carbons (Fsp3) is 0.364. The van der Waals surface area contributed by atoms with E-state index in [2.05, 4.69) is 50.7 Å². The number of rotatable bonds is 7. The van der Waals surface area contributed by atoms with E-state index >= 15 is 0 Å². The highest BCUT2D eigenvalue weighted by molar-refractivity contribution is 5.43. The zero-order valence-corrected chi connectivity index (χ0v) is 16.8. The molecule has 1 aromatic heterocycles. The predicted octanol–water partition coefficient (Wildman–Crippen LogP) is 2.03. The maximum Gasteiger partial charge on any atom is 0.147 e. The van der Waals surface area contributed by atoms with Crippen molar-refractivity contribution >= 4 is 5.82 Å². The average molecular weight is 377 g/mol. The monoisotopic (exact) mass is 376 g/mol. The standard InChI is InChI=1S/C22H28N6/c1-5-7-14(2)28-13-19(28)25-11-10-17-8-6-9-18(12-17)20(23)21-22(24)27-16(4)15(3)26-21/h6,8-9,12,19-20,25H,2,10-11,13,23H2,1,3-4H3,(H2,24,27). The van der Waals surface area contributed by atoms with Crippen LogP contribution in [-0.2, 0) is 6.42 Å². The van der Waals surface area contributed by atoms with Crippen LogP contribution >= 0.6 is 0 Å². The molecule has 0 aliphatic carbocycles. The number of benzene rings is 1. The van der Waals surface area contributed by atoms with Crippen LogP contribution in [0.1, 0.15) is 41.2 Å². The molecule has 0 bridgehead atoms. The molecule has 1 aliphatic heterocycles. The number of aryl methyl sites for hydroxylation is 2. The molecule has 6 nitrogen and oxygen atoms in total. The lowest BCUT2D eigenvalue weighted by molar-refractivity contribution is 0.554. The number of hydrogen-bond donors (Lipinski definition) is 3. The van der Waals surface area contributed by atoms with Crippen molar-refractivity contribution in [1.29, 1.82) is 0 Å². The number of anilines is 1. The second-order valence-corrected chi connectivity index (χ2v) is 7.08. The molecular weight excluding hydrogens is 348 g/mol. The third-order valence-electron chi connectivity index (χ3n) is 4.99. The van der Waals surface area contributed by atoms with Crippen molar-refractivity contribution in [1.82, 2.24) is 20.2 Å². The third kappa shape index (κ3) is 4.50.